The molecule has 1 N–H and O–H groups in total. The van der Waals surface area contributed by atoms with Crippen LogP contribution in [-0.4, -0.2) is 16.9 Å². The molecular formula is C16H17N3O3. The Bertz CT molecular complexity index is 668. The van der Waals surface area contributed by atoms with Gasteiger partial charge in [-0.2, -0.15) is 5.26 Å². The second-order valence-corrected chi connectivity index (χ2v) is 5.43. The normalized spacial score (nSPS) is 15.4. The molecule has 0 saturated heterocycles. The van der Waals surface area contributed by atoms with Crippen molar-refractivity contribution in [3.63, 3.8) is 0 Å². The number of carbonyl (C=O) groups is 1. The lowest BCUT2D eigenvalue weighted by atomic mass is 10.1. The van der Waals surface area contributed by atoms with Crippen molar-refractivity contribution in [3.05, 3.63) is 45.0 Å². The van der Waals surface area contributed by atoms with Gasteiger partial charge in [-0.25, -0.2) is 0 Å². The highest BCUT2D eigenvalue weighted by Crippen LogP contribution is 2.21. The van der Waals surface area contributed by atoms with E-state index in [1.54, 1.807) is 19.1 Å². The molecular weight excluding hydrogens is 282 g/mol. The Kier molecular flexibility index (Phi) is 4.89. The summed E-state index contributed by atoms with van der Waals surface area (Å²) in [7, 11) is 0. The van der Waals surface area contributed by atoms with Crippen LogP contribution < -0.4 is 5.32 Å². The smallest absolute Gasteiger partial charge is 0.272 e. The summed E-state index contributed by atoms with van der Waals surface area (Å²) in [4.78, 5) is 22.5. The van der Waals surface area contributed by atoms with E-state index < -0.39 is 10.8 Å². The molecule has 0 radical (unpaired) electrons. The summed E-state index contributed by atoms with van der Waals surface area (Å²) in [5, 5.41) is 22.9. The predicted octanol–water partition coefficient (Wildman–Crippen LogP) is 2.87. The van der Waals surface area contributed by atoms with Crippen LogP contribution in [0.5, 0.6) is 0 Å². The zero-order chi connectivity index (χ0) is 16.1. The van der Waals surface area contributed by atoms with Gasteiger partial charge < -0.3 is 5.32 Å². The van der Waals surface area contributed by atoms with E-state index in [0.717, 1.165) is 25.7 Å². The fourth-order valence-corrected chi connectivity index (χ4v) is 2.56. The van der Waals surface area contributed by atoms with Gasteiger partial charge in [-0.05, 0) is 31.4 Å². The third-order valence-corrected chi connectivity index (χ3v) is 3.80. The van der Waals surface area contributed by atoms with Crippen molar-refractivity contribution in [1.82, 2.24) is 5.32 Å². The van der Waals surface area contributed by atoms with E-state index in [0.29, 0.717) is 11.1 Å². The van der Waals surface area contributed by atoms with Crippen molar-refractivity contribution in [2.45, 2.75) is 38.6 Å². The highest BCUT2D eigenvalue weighted by molar-refractivity contribution is 6.01. The third-order valence-electron chi connectivity index (χ3n) is 3.80. The van der Waals surface area contributed by atoms with E-state index in [9.17, 15) is 14.9 Å². The molecule has 1 amide bonds. The first-order chi connectivity index (χ1) is 10.5. The molecule has 1 saturated carbocycles. The molecule has 0 unspecified atom stereocenters. The molecule has 1 aromatic carbocycles. The van der Waals surface area contributed by atoms with Crippen LogP contribution in [0, 0.1) is 28.4 Å². The number of nitrogens with one attached hydrogen (secondary N) is 1. The van der Waals surface area contributed by atoms with Gasteiger partial charge in [0, 0.05) is 17.7 Å². The van der Waals surface area contributed by atoms with E-state index in [4.69, 9.17) is 5.26 Å². The second-order valence-electron chi connectivity index (χ2n) is 5.43. The molecule has 0 aliphatic heterocycles. The largest absolute Gasteiger partial charge is 0.349 e. The lowest BCUT2D eigenvalue weighted by Gasteiger charge is -2.10. The van der Waals surface area contributed by atoms with E-state index in [1.165, 1.54) is 12.1 Å². The molecule has 2 rings (SSSR count). The van der Waals surface area contributed by atoms with Gasteiger partial charge in [-0.15, -0.1) is 0 Å². The minimum atomic E-state index is -0.475. The fourth-order valence-electron chi connectivity index (χ4n) is 2.56. The number of hydrogen-bond acceptors (Lipinski definition) is 4. The molecule has 0 aromatic heterocycles. The molecule has 6 nitrogen and oxygen atoms in total. The zero-order valence-corrected chi connectivity index (χ0v) is 12.3. The fraction of sp³-hybridized carbons (Fsp3) is 0.375. The third kappa shape index (κ3) is 3.70. The lowest BCUT2D eigenvalue weighted by Crippen LogP contribution is -2.33. The van der Waals surface area contributed by atoms with Crippen LogP contribution in [0.25, 0.3) is 6.08 Å². The summed E-state index contributed by atoms with van der Waals surface area (Å²) in [5.74, 6) is -0.419. The summed E-state index contributed by atoms with van der Waals surface area (Å²) >= 11 is 0. The molecule has 1 aliphatic rings. The minimum absolute atomic E-state index is 0.0257. The highest BCUT2D eigenvalue weighted by atomic mass is 16.6. The average molecular weight is 299 g/mol. The maximum atomic E-state index is 12.1. The number of carbonyl (C=O) groups excluding carboxylic acids is 1. The average Bonchev–Trinajstić information content (AvgIpc) is 2.98. The number of nitro groups is 1. The van der Waals surface area contributed by atoms with E-state index in [-0.39, 0.29) is 17.3 Å². The van der Waals surface area contributed by atoms with Crippen molar-refractivity contribution in [2.75, 3.05) is 0 Å². The maximum Gasteiger partial charge on any atom is 0.272 e. The van der Waals surface area contributed by atoms with Crippen molar-refractivity contribution in [3.8, 4) is 6.07 Å². The molecule has 6 heteroatoms. The van der Waals surface area contributed by atoms with Gasteiger partial charge in [0.1, 0.15) is 11.6 Å². The highest BCUT2D eigenvalue weighted by Gasteiger charge is 2.19. The molecule has 0 heterocycles. The zero-order valence-electron chi connectivity index (χ0n) is 12.3. The Labute approximate surface area is 128 Å². The van der Waals surface area contributed by atoms with E-state index in [2.05, 4.69) is 5.32 Å². The van der Waals surface area contributed by atoms with Crippen LogP contribution >= 0.6 is 0 Å². The Morgan fingerprint density at radius 2 is 2.14 bits per heavy atom. The molecule has 0 bridgehead atoms. The topological polar surface area (TPSA) is 96.0 Å². The predicted molar refractivity (Wildman–Crippen MR) is 81.8 cm³/mol. The molecule has 1 fully saturated rings. The molecule has 0 atom stereocenters. The van der Waals surface area contributed by atoms with Crippen LogP contribution in [0.1, 0.15) is 36.8 Å². The summed E-state index contributed by atoms with van der Waals surface area (Å²) in [6, 6.07) is 6.62. The maximum absolute atomic E-state index is 12.1. The van der Waals surface area contributed by atoms with Gasteiger partial charge in [-0.1, -0.05) is 25.0 Å². The van der Waals surface area contributed by atoms with Crippen molar-refractivity contribution in [2.24, 2.45) is 0 Å². The Hall–Kier alpha value is -2.68. The standard InChI is InChI=1S/C16H17N3O3/c1-11-6-7-12(9-15(11)19(21)22)8-13(10-17)16(20)18-14-4-2-3-5-14/h6-9,14H,2-5H2,1H3,(H,18,20)/b13-8+. The molecule has 1 aliphatic carbocycles. The molecule has 1 aromatic rings. The SMILES string of the molecule is Cc1ccc(/C=C(\C#N)C(=O)NC2CCCC2)cc1[N+](=O)[O-]. The van der Waals surface area contributed by atoms with Crippen LogP contribution in [0.4, 0.5) is 5.69 Å². The minimum Gasteiger partial charge on any atom is -0.349 e. The summed E-state index contributed by atoms with van der Waals surface area (Å²) in [6.45, 7) is 1.64. The van der Waals surface area contributed by atoms with Gasteiger partial charge in [0.2, 0.25) is 0 Å². The number of amides is 1. The first-order valence-electron chi connectivity index (χ1n) is 7.19. The van der Waals surface area contributed by atoms with Gasteiger partial charge >= 0.3 is 0 Å². The van der Waals surface area contributed by atoms with Gasteiger partial charge in [-0.3, -0.25) is 14.9 Å². The van der Waals surface area contributed by atoms with Crippen molar-refractivity contribution < 1.29 is 9.72 Å². The first-order valence-corrected chi connectivity index (χ1v) is 7.19. The first kappa shape index (κ1) is 15.7. The number of nitrogens with zero attached hydrogens (tertiary/aromatic N) is 2. The van der Waals surface area contributed by atoms with E-state index in [1.807, 2.05) is 6.07 Å². The van der Waals surface area contributed by atoms with Crippen LogP contribution in [-0.2, 0) is 4.79 Å². The Balaban J connectivity index is 2.21. The number of nitriles is 1. The lowest BCUT2D eigenvalue weighted by molar-refractivity contribution is -0.385. The van der Waals surface area contributed by atoms with E-state index >= 15 is 0 Å². The summed E-state index contributed by atoms with van der Waals surface area (Å²) in [5.41, 5.74) is 0.943. The monoisotopic (exact) mass is 299 g/mol. The van der Waals surface area contributed by atoms with Crippen LogP contribution in [0.15, 0.2) is 23.8 Å². The van der Waals surface area contributed by atoms with Crippen LogP contribution in [0.2, 0.25) is 0 Å². The number of hydrogen-bond donors (Lipinski definition) is 1. The second kappa shape index (κ2) is 6.85. The molecule has 22 heavy (non-hydrogen) atoms. The van der Waals surface area contributed by atoms with Crippen LogP contribution in [0.3, 0.4) is 0 Å². The number of benzene rings is 1. The number of rotatable bonds is 4. The Morgan fingerprint density at radius 1 is 1.45 bits per heavy atom. The van der Waals surface area contributed by atoms with Crippen molar-refractivity contribution in [1.29, 1.82) is 5.26 Å². The molecule has 0 spiro atoms. The Morgan fingerprint density at radius 3 is 2.73 bits per heavy atom. The van der Waals surface area contributed by atoms with Crippen molar-refractivity contribution >= 4 is 17.7 Å². The summed E-state index contributed by atoms with van der Waals surface area (Å²) < 4.78 is 0. The van der Waals surface area contributed by atoms with Gasteiger partial charge in [0.25, 0.3) is 11.6 Å². The number of aryl methyl sites for hydroxylation is 1. The summed E-state index contributed by atoms with van der Waals surface area (Å²) in [6.07, 6.45) is 5.42. The number of nitro benzene ring substituents is 1. The van der Waals surface area contributed by atoms with Gasteiger partial charge in [0.05, 0.1) is 4.92 Å². The molecule has 114 valence electrons. The van der Waals surface area contributed by atoms with Gasteiger partial charge in [0.15, 0.2) is 0 Å². The quantitative estimate of drug-likeness (QED) is 0.400.